The molecule has 0 fully saturated rings. The summed E-state index contributed by atoms with van der Waals surface area (Å²) in [5.41, 5.74) is 1.43. The minimum absolute atomic E-state index is 0.698. The summed E-state index contributed by atoms with van der Waals surface area (Å²) in [5.74, 6) is 0.698. The van der Waals surface area contributed by atoms with Crippen molar-refractivity contribution >= 4 is 0 Å². The van der Waals surface area contributed by atoms with Crippen LogP contribution in [0.15, 0.2) is 24.3 Å². The number of hydrogen-bond acceptors (Lipinski definition) is 0. The molecule has 1 atom stereocenters. The van der Waals surface area contributed by atoms with Crippen LogP contribution in [0.3, 0.4) is 0 Å². The zero-order chi connectivity index (χ0) is 10.2. The number of hydrogen-bond donors (Lipinski definition) is 0. The Morgan fingerprint density at radius 2 is 2.14 bits per heavy atom. The van der Waals surface area contributed by atoms with Crippen molar-refractivity contribution in [3.05, 3.63) is 35.9 Å². The van der Waals surface area contributed by atoms with E-state index in [1.54, 1.807) is 0 Å². The van der Waals surface area contributed by atoms with Gasteiger partial charge in [-0.25, -0.2) is 0 Å². The lowest BCUT2D eigenvalue weighted by Crippen LogP contribution is -1.93. The lowest BCUT2D eigenvalue weighted by molar-refractivity contribution is 0.580. The first kappa shape index (κ1) is 11.3. The van der Waals surface area contributed by atoms with Crippen LogP contribution >= 0.6 is 0 Å². The summed E-state index contributed by atoms with van der Waals surface area (Å²) in [4.78, 5) is 0. The molecule has 0 spiro atoms. The monoisotopic (exact) mass is 189 g/mol. The molecule has 1 rings (SSSR count). The molecule has 0 N–H and O–H groups in total. The van der Waals surface area contributed by atoms with Gasteiger partial charge in [0, 0.05) is 0 Å². The fourth-order valence-corrected chi connectivity index (χ4v) is 1.76. The third-order valence-corrected chi connectivity index (χ3v) is 2.79. The predicted molar refractivity (Wildman–Crippen MR) is 62.5 cm³/mol. The van der Waals surface area contributed by atoms with Crippen molar-refractivity contribution in [2.45, 2.75) is 51.9 Å². The quantitative estimate of drug-likeness (QED) is 0.575. The van der Waals surface area contributed by atoms with E-state index in [0.717, 1.165) is 0 Å². The summed E-state index contributed by atoms with van der Waals surface area (Å²) in [6, 6.07) is 11.5. The molecule has 0 saturated heterocycles. The molecule has 0 heterocycles. The maximum absolute atomic E-state index is 3.14. The minimum atomic E-state index is 0.698. The number of rotatable bonds is 6. The van der Waals surface area contributed by atoms with Crippen molar-refractivity contribution in [3.63, 3.8) is 0 Å². The zero-order valence-corrected chi connectivity index (χ0v) is 9.42. The predicted octanol–water partition coefficient (Wildman–Crippen LogP) is 4.56. The normalized spacial score (nSPS) is 12.7. The van der Waals surface area contributed by atoms with Gasteiger partial charge in [-0.2, -0.15) is 0 Å². The molecule has 0 amide bonds. The average molecular weight is 189 g/mol. The molecule has 1 aromatic rings. The number of unbranched alkanes of at least 4 members (excludes halogenated alkanes) is 3. The first-order valence-electron chi connectivity index (χ1n) is 5.80. The van der Waals surface area contributed by atoms with E-state index in [1.165, 1.54) is 37.7 Å². The Hall–Kier alpha value is -0.780. The SMILES string of the molecule is CCCCCCC(C)c1c[c]ccc1. The first-order valence-corrected chi connectivity index (χ1v) is 5.80. The molecule has 0 aliphatic heterocycles. The lowest BCUT2D eigenvalue weighted by atomic mass is 9.95. The molecule has 1 aromatic carbocycles. The van der Waals surface area contributed by atoms with Gasteiger partial charge in [-0.15, -0.1) is 0 Å². The Balaban J connectivity index is 2.25. The summed E-state index contributed by atoms with van der Waals surface area (Å²) in [5, 5.41) is 0. The van der Waals surface area contributed by atoms with Crippen LogP contribution in [0.5, 0.6) is 0 Å². The van der Waals surface area contributed by atoms with E-state index >= 15 is 0 Å². The van der Waals surface area contributed by atoms with E-state index in [-0.39, 0.29) is 0 Å². The second-order valence-electron chi connectivity index (χ2n) is 4.09. The molecule has 0 bridgehead atoms. The third kappa shape index (κ3) is 3.95. The highest BCUT2D eigenvalue weighted by Gasteiger charge is 2.03. The molecular weight excluding hydrogens is 168 g/mol. The second-order valence-corrected chi connectivity index (χ2v) is 4.09. The van der Waals surface area contributed by atoms with Crippen LogP contribution in [0.2, 0.25) is 0 Å². The lowest BCUT2D eigenvalue weighted by Gasteiger charge is -2.10. The van der Waals surface area contributed by atoms with Crippen molar-refractivity contribution in [2.24, 2.45) is 0 Å². The number of benzene rings is 1. The molecule has 14 heavy (non-hydrogen) atoms. The van der Waals surface area contributed by atoms with Crippen molar-refractivity contribution in [2.75, 3.05) is 0 Å². The molecule has 0 aliphatic rings. The summed E-state index contributed by atoms with van der Waals surface area (Å²) in [7, 11) is 0. The topological polar surface area (TPSA) is 0 Å². The Kier molecular flexibility index (Phi) is 5.36. The molecule has 0 saturated carbocycles. The minimum Gasteiger partial charge on any atom is -0.0654 e. The largest absolute Gasteiger partial charge is 0.0654 e. The van der Waals surface area contributed by atoms with E-state index in [2.05, 4.69) is 38.1 Å². The Morgan fingerprint density at radius 1 is 1.29 bits per heavy atom. The van der Waals surface area contributed by atoms with Crippen LogP contribution in [-0.2, 0) is 0 Å². The second kappa shape index (κ2) is 6.64. The molecule has 77 valence electrons. The van der Waals surface area contributed by atoms with Crippen molar-refractivity contribution < 1.29 is 0 Å². The average Bonchev–Trinajstić information content (AvgIpc) is 2.25. The molecule has 1 unspecified atom stereocenters. The van der Waals surface area contributed by atoms with Gasteiger partial charge in [-0.05, 0) is 24.0 Å². The van der Waals surface area contributed by atoms with Gasteiger partial charge in [0.05, 0.1) is 0 Å². The Labute approximate surface area is 88.4 Å². The standard InChI is InChI=1S/C14H21/c1-3-4-5-7-10-13(2)14-11-8-6-9-12-14/h6,8,11-13H,3-5,7,10H2,1-2H3. The summed E-state index contributed by atoms with van der Waals surface area (Å²) < 4.78 is 0. The van der Waals surface area contributed by atoms with Crippen molar-refractivity contribution in [3.8, 4) is 0 Å². The molecule has 1 radical (unpaired) electrons. The van der Waals surface area contributed by atoms with Crippen LogP contribution in [0.4, 0.5) is 0 Å². The molecule has 0 aliphatic carbocycles. The highest BCUT2D eigenvalue weighted by molar-refractivity contribution is 5.17. The summed E-state index contributed by atoms with van der Waals surface area (Å²) in [6.07, 6.45) is 6.78. The highest BCUT2D eigenvalue weighted by atomic mass is 14.1. The smallest absolute Gasteiger partial charge is 0.0181 e. The maximum Gasteiger partial charge on any atom is -0.0181 e. The zero-order valence-electron chi connectivity index (χ0n) is 9.42. The van der Waals surface area contributed by atoms with Crippen LogP contribution in [0.1, 0.15) is 57.4 Å². The van der Waals surface area contributed by atoms with E-state index in [1.807, 2.05) is 6.07 Å². The van der Waals surface area contributed by atoms with Gasteiger partial charge in [-0.1, -0.05) is 63.8 Å². The van der Waals surface area contributed by atoms with Gasteiger partial charge in [-0.3, -0.25) is 0 Å². The van der Waals surface area contributed by atoms with Crippen LogP contribution in [-0.4, -0.2) is 0 Å². The summed E-state index contributed by atoms with van der Waals surface area (Å²) >= 11 is 0. The van der Waals surface area contributed by atoms with Crippen molar-refractivity contribution in [1.82, 2.24) is 0 Å². The first-order chi connectivity index (χ1) is 6.84. The third-order valence-electron chi connectivity index (χ3n) is 2.79. The van der Waals surface area contributed by atoms with E-state index in [4.69, 9.17) is 0 Å². The Morgan fingerprint density at radius 3 is 2.79 bits per heavy atom. The summed E-state index contributed by atoms with van der Waals surface area (Å²) in [6.45, 7) is 4.57. The molecule has 0 heteroatoms. The van der Waals surface area contributed by atoms with Gasteiger partial charge in [0.1, 0.15) is 0 Å². The van der Waals surface area contributed by atoms with Crippen LogP contribution in [0.25, 0.3) is 0 Å². The van der Waals surface area contributed by atoms with Crippen LogP contribution in [0, 0.1) is 6.07 Å². The molecular formula is C14H21. The van der Waals surface area contributed by atoms with Gasteiger partial charge in [0.2, 0.25) is 0 Å². The molecule has 0 aromatic heterocycles. The van der Waals surface area contributed by atoms with E-state index < -0.39 is 0 Å². The maximum atomic E-state index is 3.14. The van der Waals surface area contributed by atoms with Crippen LogP contribution < -0.4 is 0 Å². The van der Waals surface area contributed by atoms with Crippen molar-refractivity contribution in [1.29, 1.82) is 0 Å². The van der Waals surface area contributed by atoms with E-state index in [0.29, 0.717) is 5.92 Å². The fourth-order valence-electron chi connectivity index (χ4n) is 1.76. The van der Waals surface area contributed by atoms with Gasteiger partial charge >= 0.3 is 0 Å². The van der Waals surface area contributed by atoms with Gasteiger partial charge in [0.15, 0.2) is 0 Å². The van der Waals surface area contributed by atoms with Gasteiger partial charge < -0.3 is 0 Å². The van der Waals surface area contributed by atoms with Gasteiger partial charge in [0.25, 0.3) is 0 Å². The molecule has 0 nitrogen and oxygen atoms in total. The Bertz CT molecular complexity index is 225. The van der Waals surface area contributed by atoms with E-state index in [9.17, 15) is 0 Å². The highest BCUT2D eigenvalue weighted by Crippen LogP contribution is 2.21. The fraction of sp³-hybridized carbons (Fsp3) is 0.571.